The molecule has 2 rings (SSSR count). The lowest BCUT2D eigenvalue weighted by atomic mass is 9.97. The zero-order chi connectivity index (χ0) is 17.9. The Balaban J connectivity index is 2.05. The van der Waals surface area contributed by atoms with Crippen molar-refractivity contribution in [2.75, 3.05) is 11.4 Å². The zero-order valence-corrected chi connectivity index (χ0v) is 14.4. The van der Waals surface area contributed by atoms with Crippen LogP contribution in [0.4, 0.5) is 5.69 Å². The fourth-order valence-corrected chi connectivity index (χ4v) is 2.86. The number of amides is 3. The van der Waals surface area contributed by atoms with Crippen LogP contribution in [0.5, 0.6) is 0 Å². The van der Waals surface area contributed by atoms with E-state index in [0.29, 0.717) is 6.54 Å². The molecule has 1 fully saturated rings. The second kappa shape index (κ2) is 7.47. The summed E-state index contributed by atoms with van der Waals surface area (Å²) >= 11 is 0. The summed E-state index contributed by atoms with van der Waals surface area (Å²) in [7, 11) is 0. The number of rotatable bonds is 6. The Morgan fingerprint density at radius 2 is 1.96 bits per heavy atom. The molecular weight excluding hydrogens is 306 g/mol. The van der Waals surface area contributed by atoms with E-state index in [0.717, 1.165) is 17.7 Å². The Kier molecular flexibility index (Phi) is 5.59. The van der Waals surface area contributed by atoms with Gasteiger partial charge in [0.05, 0.1) is 5.92 Å². The number of nitrogens with two attached hydrogens (primary N) is 1. The van der Waals surface area contributed by atoms with E-state index >= 15 is 0 Å². The maximum absolute atomic E-state index is 12.5. The number of carbonyl (C=O) groups is 3. The normalized spacial score (nSPS) is 19.9. The number of hydrogen-bond acceptors (Lipinski definition) is 3. The second-order valence-electron chi connectivity index (χ2n) is 6.52. The lowest BCUT2D eigenvalue weighted by Crippen LogP contribution is -2.50. The van der Waals surface area contributed by atoms with Gasteiger partial charge in [0.25, 0.3) is 0 Å². The number of carbonyl (C=O) groups excluding carboxylic acids is 3. The van der Waals surface area contributed by atoms with E-state index in [2.05, 4.69) is 5.32 Å². The molecule has 1 heterocycles. The van der Waals surface area contributed by atoms with Crippen molar-refractivity contribution in [2.24, 2.45) is 17.6 Å². The van der Waals surface area contributed by atoms with Crippen LogP contribution >= 0.6 is 0 Å². The zero-order valence-electron chi connectivity index (χ0n) is 14.4. The van der Waals surface area contributed by atoms with Crippen molar-refractivity contribution in [1.82, 2.24) is 5.32 Å². The molecular formula is C18H25N3O3. The van der Waals surface area contributed by atoms with Gasteiger partial charge in [0.1, 0.15) is 6.04 Å². The fraction of sp³-hybridized carbons (Fsp3) is 0.500. The van der Waals surface area contributed by atoms with Crippen LogP contribution in [0.15, 0.2) is 24.3 Å². The molecule has 130 valence electrons. The minimum absolute atomic E-state index is 0.0447. The summed E-state index contributed by atoms with van der Waals surface area (Å²) in [6, 6.07) is 6.91. The van der Waals surface area contributed by atoms with Gasteiger partial charge in [-0.15, -0.1) is 0 Å². The van der Waals surface area contributed by atoms with Crippen molar-refractivity contribution in [3.63, 3.8) is 0 Å². The second-order valence-corrected chi connectivity index (χ2v) is 6.52. The first-order valence-corrected chi connectivity index (χ1v) is 8.30. The maximum atomic E-state index is 12.5. The SMILES string of the molecule is CCC(C)C(NC(=O)C1CC(=O)N(c2ccc(C)cc2)C1)C(N)=O. The minimum atomic E-state index is -0.703. The third-order valence-electron chi connectivity index (χ3n) is 4.66. The van der Waals surface area contributed by atoms with Crippen molar-refractivity contribution in [1.29, 1.82) is 0 Å². The number of primary amides is 1. The molecule has 0 aromatic heterocycles. The number of benzene rings is 1. The highest BCUT2D eigenvalue weighted by molar-refractivity contribution is 6.01. The molecule has 1 aliphatic rings. The molecule has 0 saturated carbocycles. The molecule has 6 heteroatoms. The van der Waals surface area contributed by atoms with Crippen LogP contribution in [0.1, 0.15) is 32.3 Å². The third kappa shape index (κ3) is 3.93. The molecule has 3 atom stereocenters. The van der Waals surface area contributed by atoms with E-state index in [1.807, 2.05) is 45.0 Å². The molecule has 0 radical (unpaired) electrons. The molecule has 1 aliphatic heterocycles. The first kappa shape index (κ1) is 18.0. The molecule has 3 amide bonds. The van der Waals surface area contributed by atoms with Crippen LogP contribution in [-0.4, -0.2) is 30.3 Å². The Morgan fingerprint density at radius 1 is 1.33 bits per heavy atom. The first-order valence-electron chi connectivity index (χ1n) is 8.30. The first-order chi connectivity index (χ1) is 11.3. The Morgan fingerprint density at radius 3 is 2.50 bits per heavy atom. The quantitative estimate of drug-likeness (QED) is 0.824. The molecule has 3 unspecified atom stereocenters. The number of hydrogen-bond donors (Lipinski definition) is 2. The van der Waals surface area contributed by atoms with Crippen molar-refractivity contribution in [3.8, 4) is 0 Å². The molecule has 1 aromatic carbocycles. The Labute approximate surface area is 142 Å². The van der Waals surface area contributed by atoms with Gasteiger partial charge in [-0.2, -0.15) is 0 Å². The van der Waals surface area contributed by atoms with Gasteiger partial charge in [0, 0.05) is 18.7 Å². The molecule has 3 N–H and O–H groups in total. The average Bonchev–Trinajstić information content (AvgIpc) is 2.94. The van der Waals surface area contributed by atoms with Gasteiger partial charge in [0.2, 0.25) is 17.7 Å². The van der Waals surface area contributed by atoms with Crippen LogP contribution in [-0.2, 0) is 14.4 Å². The van der Waals surface area contributed by atoms with Crippen molar-refractivity contribution >= 4 is 23.4 Å². The summed E-state index contributed by atoms with van der Waals surface area (Å²) in [5.41, 5.74) is 7.28. The van der Waals surface area contributed by atoms with E-state index < -0.39 is 17.9 Å². The summed E-state index contributed by atoms with van der Waals surface area (Å²) in [6.45, 7) is 6.10. The van der Waals surface area contributed by atoms with Crippen LogP contribution in [0.3, 0.4) is 0 Å². The average molecular weight is 331 g/mol. The summed E-state index contributed by atoms with van der Waals surface area (Å²) in [4.78, 5) is 37.9. The van der Waals surface area contributed by atoms with Gasteiger partial charge >= 0.3 is 0 Å². The highest BCUT2D eigenvalue weighted by Crippen LogP contribution is 2.25. The minimum Gasteiger partial charge on any atom is -0.368 e. The Bertz CT molecular complexity index is 627. The van der Waals surface area contributed by atoms with E-state index in [1.165, 1.54) is 0 Å². The molecule has 24 heavy (non-hydrogen) atoms. The topological polar surface area (TPSA) is 92.5 Å². The summed E-state index contributed by atoms with van der Waals surface area (Å²) < 4.78 is 0. The van der Waals surface area contributed by atoms with Gasteiger partial charge in [0.15, 0.2) is 0 Å². The highest BCUT2D eigenvalue weighted by Gasteiger charge is 2.36. The smallest absolute Gasteiger partial charge is 0.240 e. The number of aryl methyl sites for hydroxylation is 1. The van der Waals surface area contributed by atoms with E-state index in [1.54, 1.807) is 4.90 Å². The van der Waals surface area contributed by atoms with Crippen LogP contribution < -0.4 is 16.0 Å². The summed E-state index contributed by atoms with van der Waals surface area (Å²) in [5.74, 6) is -1.43. The van der Waals surface area contributed by atoms with Crippen LogP contribution in [0, 0.1) is 18.8 Å². The summed E-state index contributed by atoms with van der Waals surface area (Å²) in [6.07, 6.45) is 0.874. The number of nitrogens with zero attached hydrogens (tertiary/aromatic N) is 1. The standard InChI is InChI=1S/C18H25N3O3/c1-4-12(3)16(17(19)23)20-18(24)13-9-15(22)21(10-13)14-7-5-11(2)6-8-14/h5-8,12-13,16H,4,9-10H2,1-3H3,(H2,19,23)(H,20,24). The largest absolute Gasteiger partial charge is 0.368 e. The van der Waals surface area contributed by atoms with Gasteiger partial charge in [-0.05, 0) is 25.0 Å². The van der Waals surface area contributed by atoms with E-state index in [9.17, 15) is 14.4 Å². The summed E-state index contributed by atoms with van der Waals surface area (Å²) in [5, 5.41) is 2.72. The Hall–Kier alpha value is -2.37. The van der Waals surface area contributed by atoms with Gasteiger partial charge in [-0.3, -0.25) is 14.4 Å². The van der Waals surface area contributed by atoms with Crippen LogP contribution in [0.2, 0.25) is 0 Å². The predicted molar refractivity (Wildman–Crippen MR) is 92.2 cm³/mol. The molecule has 6 nitrogen and oxygen atoms in total. The van der Waals surface area contributed by atoms with Gasteiger partial charge in [-0.25, -0.2) is 0 Å². The van der Waals surface area contributed by atoms with Crippen molar-refractivity contribution < 1.29 is 14.4 Å². The predicted octanol–water partition coefficient (Wildman–Crippen LogP) is 1.36. The molecule has 0 bridgehead atoms. The highest BCUT2D eigenvalue weighted by atomic mass is 16.2. The molecule has 0 aliphatic carbocycles. The van der Waals surface area contributed by atoms with E-state index in [4.69, 9.17) is 5.73 Å². The number of anilines is 1. The molecule has 1 aromatic rings. The third-order valence-corrected chi connectivity index (χ3v) is 4.66. The van der Waals surface area contributed by atoms with Crippen molar-refractivity contribution in [3.05, 3.63) is 29.8 Å². The van der Waals surface area contributed by atoms with Crippen LogP contribution in [0.25, 0.3) is 0 Å². The fourth-order valence-electron chi connectivity index (χ4n) is 2.86. The van der Waals surface area contributed by atoms with Crippen molar-refractivity contribution in [2.45, 2.75) is 39.7 Å². The lowest BCUT2D eigenvalue weighted by Gasteiger charge is -2.23. The lowest BCUT2D eigenvalue weighted by molar-refractivity contribution is -0.131. The number of nitrogens with one attached hydrogen (secondary N) is 1. The maximum Gasteiger partial charge on any atom is 0.240 e. The van der Waals surface area contributed by atoms with E-state index in [-0.39, 0.29) is 24.2 Å². The monoisotopic (exact) mass is 331 g/mol. The van der Waals surface area contributed by atoms with Gasteiger partial charge < -0.3 is 16.0 Å². The van der Waals surface area contributed by atoms with Gasteiger partial charge in [-0.1, -0.05) is 38.0 Å². The molecule has 1 saturated heterocycles. The molecule has 0 spiro atoms.